The minimum atomic E-state index is -5.02. The van der Waals surface area contributed by atoms with Gasteiger partial charge in [0.05, 0.1) is 38.6 Å². The number of carbonyl (C=O) groups is 1. The SMILES string of the molecule is COC[C@@H](COC1CCN(C2CCN(c3ccc(C#N)cn3)CC2)C1=O)Oc1cnn(Cc2ccc(OC)cc2)c(=O)c1C(F)(F)F. The molecule has 3 aromatic rings. The Balaban J connectivity index is 1.20. The third kappa shape index (κ3) is 8.01. The number of hydrogen-bond acceptors (Lipinski definition) is 10. The molecule has 0 N–H and O–H groups in total. The normalized spacial score (nSPS) is 17.9. The van der Waals surface area contributed by atoms with Crippen LogP contribution in [-0.2, 0) is 27.0 Å². The number of hydrogen-bond donors (Lipinski definition) is 0. The molecule has 47 heavy (non-hydrogen) atoms. The van der Waals surface area contributed by atoms with Gasteiger partial charge in [0, 0.05) is 45.4 Å². The maximum Gasteiger partial charge on any atom is 0.425 e. The summed E-state index contributed by atoms with van der Waals surface area (Å²) in [5.41, 5.74) is -1.81. The number of aromatic nitrogens is 3. The van der Waals surface area contributed by atoms with Crippen molar-refractivity contribution in [3.63, 3.8) is 0 Å². The number of likely N-dealkylation sites (tertiary alicyclic amines) is 1. The third-order valence-electron chi connectivity index (χ3n) is 8.21. The molecular weight excluding hydrogens is 621 g/mol. The van der Waals surface area contributed by atoms with Crippen molar-refractivity contribution in [2.45, 2.75) is 50.2 Å². The Labute approximate surface area is 269 Å². The number of alkyl halides is 3. The lowest BCUT2D eigenvalue weighted by Crippen LogP contribution is -2.47. The molecule has 2 aromatic heterocycles. The lowest BCUT2D eigenvalue weighted by atomic mass is 10.0. The Morgan fingerprint density at radius 1 is 1.00 bits per heavy atom. The average Bonchev–Trinajstić information content (AvgIpc) is 3.44. The zero-order valence-electron chi connectivity index (χ0n) is 26.0. The van der Waals surface area contributed by atoms with Crippen molar-refractivity contribution in [2.24, 2.45) is 0 Å². The third-order valence-corrected chi connectivity index (χ3v) is 8.21. The van der Waals surface area contributed by atoms with Crippen LogP contribution in [-0.4, -0.2) is 90.9 Å². The lowest BCUT2D eigenvalue weighted by molar-refractivity contribution is -0.143. The fourth-order valence-electron chi connectivity index (χ4n) is 5.78. The van der Waals surface area contributed by atoms with Crippen molar-refractivity contribution < 1.29 is 36.9 Å². The van der Waals surface area contributed by atoms with Crippen LogP contribution < -0.4 is 19.9 Å². The molecule has 1 aromatic carbocycles. The quantitative estimate of drug-likeness (QED) is 0.286. The van der Waals surface area contributed by atoms with E-state index in [1.807, 2.05) is 6.07 Å². The highest BCUT2D eigenvalue weighted by Crippen LogP contribution is 2.34. The number of anilines is 1. The van der Waals surface area contributed by atoms with E-state index >= 15 is 0 Å². The van der Waals surface area contributed by atoms with Crippen LogP contribution in [0, 0.1) is 11.3 Å². The molecule has 0 saturated carbocycles. The van der Waals surface area contributed by atoms with E-state index < -0.39 is 35.3 Å². The Bertz CT molecular complexity index is 1620. The predicted octanol–water partition coefficient (Wildman–Crippen LogP) is 3.27. The molecule has 0 radical (unpaired) electrons. The van der Waals surface area contributed by atoms with Crippen molar-refractivity contribution in [1.29, 1.82) is 5.26 Å². The molecule has 2 atom stereocenters. The molecule has 2 saturated heterocycles. The zero-order valence-corrected chi connectivity index (χ0v) is 26.0. The second-order valence-corrected chi connectivity index (χ2v) is 11.3. The van der Waals surface area contributed by atoms with Crippen LogP contribution in [0.15, 0.2) is 53.6 Å². The highest BCUT2D eigenvalue weighted by molar-refractivity contribution is 5.83. The first-order valence-electron chi connectivity index (χ1n) is 15.1. The predicted molar refractivity (Wildman–Crippen MR) is 162 cm³/mol. The first-order chi connectivity index (χ1) is 22.6. The van der Waals surface area contributed by atoms with Gasteiger partial charge in [-0.1, -0.05) is 12.1 Å². The number of benzene rings is 1. The van der Waals surface area contributed by atoms with E-state index in [4.69, 9.17) is 24.2 Å². The van der Waals surface area contributed by atoms with Gasteiger partial charge in [0.2, 0.25) is 0 Å². The Morgan fingerprint density at radius 2 is 1.74 bits per heavy atom. The summed E-state index contributed by atoms with van der Waals surface area (Å²) >= 11 is 0. The number of pyridine rings is 1. The number of halogens is 3. The van der Waals surface area contributed by atoms with Crippen LogP contribution in [0.1, 0.15) is 36.0 Å². The van der Waals surface area contributed by atoms with Crippen LogP contribution in [0.4, 0.5) is 19.0 Å². The topological polar surface area (TPSA) is 132 Å². The molecule has 250 valence electrons. The number of amides is 1. The molecule has 0 bridgehead atoms. The summed E-state index contributed by atoms with van der Waals surface area (Å²) in [5, 5.41) is 12.9. The van der Waals surface area contributed by atoms with Gasteiger partial charge in [-0.3, -0.25) is 9.59 Å². The minimum Gasteiger partial charge on any atom is -0.497 e. The summed E-state index contributed by atoms with van der Waals surface area (Å²) in [4.78, 5) is 34.5. The van der Waals surface area contributed by atoms with E-state index in [9.17, 15) is 22.8 Å². The molecule has 5 rings (SSSR count). The van der Waals surface area contributed by atoms with Crippen molar-refractivity contribution in [2.75, 3.05) is 52.0 Å². The Kier molecular flexibility index (Phi) is 10.6. The monoisotopic (exact) mass is 656 g/mol. The molecule has 1 amide bonds. The van der Waals surface area contributed by atoms with E-state index in [1.165, 1.54) is 20.4 Å². The first-order valence-corrected chi connectivity index (χ1v) is 15.1. The molecule has 0 aliphatic carbocycles. The smallest absolute Gasteiger partial charge is 0.425 e. The molecule has 2 aliphatic heterocycles. The van der Waals surface area contributed by atoms with E-state index in [2.05, 4.69) is 21.1 Å². The van der Waals surface area contributed by atoms with Gasteiger partial charge in [-0.05, 0) is 42.7 Å². The summed E-state index contributed by atoms with van der Waals surface area (Å²) in [6.07, 6.45) is -2.58. The molecule has 12 nitrogen and oxygen atoms in total. The van der Waals surface area contributed by atoms with Gasteiger partial charge in [-0.15, -0.1) is 0 Å². The number of ether oxygens (including phenoxy) is 4. The number of rotatable bonds is 12. The van der Waals surface area contributed by atoms with Gasteiger partial charge in [-0.25, -0.2) is 9.67 Å². The number of piperidine rings is 1. The van der Waals surface area contributed by atoms with Crippen LogP contribution in [0.2, 0.25) is 0 Å². The van der Waals surface area contributed by atoms with Gasteiger partial charge in [0.25, 0.3) is 11.5 Å². The summed E-state index contributed by atoms with van der Waals surface area (Å²) in [6.45, 7) is 1.29. The van der Waals surface area contributed by atoms with Crippen molar-refractivity contribution in [1.82, 2.24) is 19.7 Å². The van der Waals surface area contributed by atoms with Crippen molar-refractivity contribution in [3.8, 4) is 17.6 Å². The number of nitrogens with zero attached hydrogens (tertiary/aromatic N) is 6. The molecule has 15 heteroatoms. The fraction of sp³-hybridized carbons (Fsp3) is 0.469. The van der Waals surface area contributed by atoms with Gasteiger partial charge in [0.1, 0.15) is 29.8 Å². The summed E-state index contributed by atoms with van der Waals surface area (Å²) in [6, 6.07) is 12.1. The molecule has 1 unspecified atom stereocenters. The molecule has 4 heterocycles. The van der Waals surface area contributed by atoms with Gasteiger partial charge in [0.15, 0.2) is 11.3 Å². The summed E-state index contributed by atoms with van der Waals surface area (Å²) in [7, 11) is 2.84. The van der Waals surface area contributed by atoms with E-state index in [-0.39, 0.29) is 31.7 Å². The summed E-state index contributed by atoms with van der Waals surface area (Å²) in [5.74, 6) is 0.405. The van der Waals surface area contributed by atoms with Crippen LogP contribution in [0.25, 0.3) is 0 Å². The molecule has 2 aliphatic rings. The zero-order chi connectivity index (χ0) is 33.6. The number of carbonyl (C=O) groups excluding carboxylic acids is 1. The number of nitriles is 1. The van der Waals surface area contributed by atoms with E-state index in [1.54, 1.807) is 35.2 Å². The molecule has 0 spiro atoms. The molecule has 2 fully saturated rings. The van der Waals surface area contributed by atoms with Crippen LogP contribution in [0.3, 0.4) is 0 Å². The largest absolute Gasteiger partial charge is 0.497 e. The second kappa shape index (κ2) is 14.8. The van der Waals surface area contributed by atoms with Gasteiger partial charge >= 0.3 is 6.18 Å². The van der Waals surface area contributed by atoms with Crippen LogP contribution >= 0.6 is 0 Å². The molecular formula is C32H35F3N6O6. The van der Waals surface area contributed by atoms with Crippen molar-refractivity contribution >= 4 is 11.7 Å². The Morgan fingerprint density at radius 3 is 2.36 bits per heavy atom. The van der Waals surface area contributed by atoms with Gasteiger partial charge in [-0.2, -0.15) is 23.5 Å². The highest BCUT2D eigenvalue weighted by Gasteiger charge is 2.41. The maximum atomic E-state index is 14.1. The fourth-order valence-corrected chi connectivity index (χ4v) is 5.78. The summed E-state index contributed by atoms with van der Waals surface area (Å²) < 4.78 is 64.9. The average molecular weight is 657 g/mol. The first kappa shape index (κ1) is 33.7. The van der Waals surface area contributed by atoms with Crippen molar-refractivity contribution in [3.05, 3.63) is 75.8 Å². The van der Waals surface area contributed by atoms with E-state index in [0.29, 0.717) is 42.9 Å². The lowest BCUT2D eigenvalue weighted by Gasteiger charge is -2.37. The van der Waals surface area contributed by atoms with Gasteiger partial charge < -0.3 is 28.7 Å². The highest BCUT2D eigenvalue weighted by atomic mass is 19.4. The van der Waals surface area contributed by atoms with E-state index in [0.717, 1.165) is 29.5 Å². The van der Waals surface area contributed by atoms with Crippen LogP contribution in [0.5, 0.6) is 11.5 Å². The standard InChI is InChI=1S/C32H35F3N6O6/c1-44-19-25(47-27-17-38-41(31(43)29(27)32(33,34)35)18-21-3-6-24(45-2)7-4-21)20-46-26-11-14-40(30(26)42)23-9-12-39(13-10-23)28-8-5-22(15-36)16-37-28/h3-8,16-17,23,25-26H,9-14,18-20H2,1-2H3/t25-,26?/m0/s1. The maximum absolute atomic E-state index is 14.1. The number of methoxy groups -OCH3 is 2. The minimum absolute atomic E-state index is 0.0153. The Hall–Kier alpha value is -4.68. The second-order valence-electron chi connectivity index (χ2n) is 11.3.